The van der Waals surface area contributed by atoms with Crippen molar-refractivity contribution in [1.82, 2.24) is 4.90 Å². The number of piperazine rings is 1. The topological polar surface area (TPSA) is 40.6 Å². The number of Topliss-reactive ketones (excluding diaryl/α,β-unsaturated/α-hetero) is 1. The Bertz CT molecular complexity index is 825. The summed E-state index contributed by atoms with van der Waals surface area (Å²) in [6.45, 7) is 5.82. The fourth-order valence-electron chi connectivity index (χ4n) is 3.34. The monoisotopic (exact) mass is 368 g/mol. The highest BCUT2D eigenvalue weighted by molar-refractivity contribution is 5.94. The van der Waals surface area contributed by atoms with Crippen LogP contribution in [0.2, 0.25) is 0 Å². The van der Waals surface area contributed by atoms with Gasteiger partial charge in [-0.2, -0.15) is 0 Å². The minimum atomic E-state index is -0.387. The minimum Gasteiger partial charge on any atom is -0.366 e. The van der Waals surface area contributed by atoms with Gasteiger partial charge in [-0.1, -0.05) is 29.8 Å². The van der Waals surface area contributed by atoms with Gasteiger partial charge in [0.25, 0.3) is 0 Å². The summed E-state index contributed by atoms with van der Waals surface area (Å²) in [6.07, 6.45) is 1.23. The molecule has 0 bridgehead atoms. The quantitative estimate of drug-likeness (QED) is 0.757. The van der Waals surface area contributed by atoms with Crippen LogP contribution in [0.25, 0.3) is 0 Å². The van der Waals surface area contributed by atoms with Crippen molar-refractivity contribution in [3.05, 3.63) is 65.0 Å². The van der Waals surface area contributed by atoms with Crippen LogP contribution in [0.15, 0.2) is 42.5 Å². The SMILES string of the molecule is CC(=O)c1ccc(N2CCN(C(=O)CCc3ccc(C)cc3)CC2)c(F)c1. The smallest absolute Gasteiger partial charge is 0.223 e. The molecular formula is C22H25FN2O2. The molecule has 0 N–H and O–H groups in total. The van der Waals surface area contributed by atoms with Gasteiger partial charge in [0.15, 0.2) is 5.78 Å². The third-order valence-electron chi connectivity index (χ3n) is 5.08. The van der Waals surface area contributed by atoms with Gasteiger partial charge in [0, 0.05) is 38.2 Å². The molecule has 1 amide bonds. The van der Waals surface area contributed by atoms with Gasteiger partial charge in [-0.05, 0) is 44.0 Å². The first-order valence-corrected chi connectivity index (χ1v) is 9.33. The number of aryl methyl sites for hydroxylation is 2. The first kappa shape index (κ1) is 19.1. The molecular weight excluding hydrogens is 343 g/mol. The predicted octanol–water partition coefficient (Wildman–Crippen LogP) is 3.62. The van der Waals surface area contributed by atoms with E-state index in [1.54, 1.807) is 12.1 Å². The Kier molecular flexibility index (Phi) is 5.89. The second-order valence-corrected chi connectivity index (χ2v) is 7.08. The molecule has 4 nitrogen and oxygen atoms in total. The van der Waals surface area contributed by atoms with Gasteiger partial charge in [0.2, 0.25) is 5.91 Å². The van der Waals surface area contributed by atoms with E-state index in [0.717, 1.165) is 6.42 Å². The zero-order chi connectivity index (χ0) is 19.4. The minimum absolute atomic E-state index is 0.141. The lowest BCUT2D eigenvalue weighted by atomic mass is 10.1. The molecule has 2 aromatic rings. The predicted molar refractivity (Wildman–Crippen MR) is 105 cm³/mol. The number of benzene rings is 2. The molecule has 0 radical (unpaired) electrons. The summed E-state index contributed by atoms with van der Waals surface area (Å²) in [6, 6.07) is 12.8. The van der Waals surface area contributed by atoms with E-state index in [0.29, 0.717) is 43.9 Å². The molecule has 1 aliphatic rings. The summed E-state index contributed by atoms with van der Waals surface area (Å²) in [5.41, 5.74) is 3.25. The molecule has 1 fully saturated rings. The molecule has 5 heteroatoms. The van der Waals surface area contributed by atoms with Gasteiger partial charge in [-0.3, -0.25) is 9.59 Å². The second-order valence-electron chi connectivity index (χ2n) is 7.08. The molecule has 0 aliphatic carbocycles. The molecule has 0 atom stereocenters. The van der Waals surface area contributed by atoms with Crippen LogP contribution in [0.1, 0.15) is 34.8 Å². The van der Waals surface area contributed by atoms with Gasteiger partial charge in [0.05, 0.1) is 5.69 Å². The van der Waals surface area contributed by atoms with Crippen LogP contribution in [0.4, 0.5) is 10.1 Å². The molecule has 1 aliphatic heterocycles. The lowest BCUT2D eigenvalue weighted by Gasteiger charge is -2.36. The fraction of sp³-hybridized carbons (Fsp3) is 0.364. The van der Waals surface area contributed by atoms with E-state index in [-0.39, 0.29) is 17.5 Å². The van der Waals surface area contributed by atoms with Gasteiger partial charge < -0.3 is 9.80 Å². The number of carbonyl (C=O) groups is 2. The molecule has 142 valence electrons. The zero-order valence-corrected chi connectivity index (χ0v) is 15.9. The molecule has 0 saturated carbocycles. The Hall–Kier alpha value is -2.69. The third-order valence-corrected chi connectivity index (χ3v) is 5.08. The summed E-state index contributed by atoms with van der Waals surface area (Å²) < 4.78 is 14.3. The fourth-order valence-corrected chi connectivity index (χ4v) is 3.34. The number of halogens is 1. The average molecular weight is 368 g/mol. The van der Waals surface area contributed by atoms with Crippen LogP contribution in [0.5, 0.6) is 0 Å². The lowest BCUT2D eigenvalue weighted by Crippen LogP contribution is -2.49. The Morgan fingerprint density at radius 1 is 1.00 bits per heavy atom. The van der Waals surface area contributed by atoms with Crippen LogP contribution in [-0.2, 0) is 11.2 Å². The lowest BCUT2D eigenvalue weighted by molar-refractivity contribution is -0.131. The maximum Gasteiger partial charge on any atom is 0.223 e. The highest BCUT2D eigenvalue weighted by Gasteiger charge is 2.23. The van der Waals surface area contributed by atoms with Crippen molar-refractivity contribution in [2.45, 2.75) is 26.7 Å². The molecule has 0 aromatic heterocycles. The summed E-state index contributed by atoms with van der Waals surface area (Å²) in [4.78, 5) is 27.6. The number of hydrogen-bond donors (Lipinski definition) is 0. The van der Waals surface area contributed by atoms with Crippen LogP contribution in [0.3, 0.4) is 0 Å². The number of rotatable bonds is 5. The van der Waals surface area contributed by atoms with E-state index in [4.69, 9.17) is 0 Å². The molecule has 1 saturated heterocycles. The first-order chi connectivity index (χ1) is 12.9. The molecule has 3 rings (SSSR count). The normalized spacial score (nSPS) is 14.3. The molecule has 2 aromatic carbocycles. The Morgan fingerprint density at radius 2 is 1.67 bits per heavy atom. The van der Waals surface area contributed by atoms with E-state index in [1.807, 2.05) is 16.7 Å². The van der Waals surface area contributed by atoms with E-state index in [9.17, 15) is 14.0 Å². The van der Waals surface area contributed by atoms with Gasteiger partial charge in [-0.25, -0.2) is 4.39 Å². The van der Waals surface area contributed by atoms with Crippen LogP contribution in [0, 0.1) is 12.7 Å². The number of amides is 1. The van der Waals surface area contributed by atoms with Gasteiger partial charge >= 0.3 is 0 Å². The maximum atomic E-state index is 14.3. The van der Waals surface area contributed by atoms with Gasteiger partial charge in [-0.15, -0.1) is 0 Å². The molecule has 0 spiro atoms. The number of nitrogens with zero attached hydrogens (tertiary/aromatic N) is 2. The molecule has 1 heterocycles. The Labute approximate surface area is 159 Å². The average Bonchev–Trinajstić information content (AvgIpc) is 2.67. The van der Waals surface area contributed by atoms with Crippen LogP contribution in [-0.4, -0.2) is 42.8 Å². The summed E-state index contributed by atoms with van der Waals surface area (Å²) in [5.74, 6) is -0.395. The highest BCUT2D eigenvalue weighted by atomic mass is 19.1. The number of anilines is 1. The number of hydrogen-bond acceptors (Lipinski definition) is 3. The van der Waals surface area contributed by atoms with Crippen molar-refractivity contribution in [3.8, 4) is 0 Å². The Morgan fingerprint density at radius 3 is 2.26 bits per heavy atom. The van der Waals surface area contributed by atoms with Gasteiger partial charge in [0.1, 0.15) is 5.82 Å². The molecule has 27 heavy (non-hydrogen) atoms. The summed E-state index contributed by atoms with van der Waals surface area (Å²) >= 11 is 0. The van der Waals surface area contributed by atoms with Crippen molar-refractivity contribution in [3.63, 3.8) is 0 Å². The maximum absolute atomic E-state index is 14.3. The van der Waals surface area contributed by atoms with Crippen molar-refractivity contribution in [2.24, 2.45) is 0 Å². The summed E-state index contributed by atoms with van der Waals surface area (Å²) in [7, 11) is 0. The number of ketones is 1. The van der Waals surface area contributed by atoms with Crippen molar-refractivity contribution in [1.29, 1.82) is 0 Å². The number of carbonyl (C=O) groups excluding carboxylic acids is 2. The standard InChI is InChI=1S/C22H25FN2O2/c1-16-3-5-18(6-4-16)7-10-22(27)25-13-11-24(12-14-25)21-9-8-19(17(2)26)15-20(21)23/h3-6,8-9,15H,7,10-14H2,1-2H3. The Balaban J connectivity index is 1.53. The van der Waals surface area contributed by atoms with Crippen molar-refractivity contribution < 1.29 is 14.0 Å². The van der Waals surface area contributed by atoms with E-state index in [1.165, 1.54) is 24.1 Å². The van der Waals surface area contributed by atoms with Crippen molar-refractivity contribution >= 4 is 17.4 Å². The second kappa shape index (κ2) is 8.33. The van der Waals surface area contributed by atoms with Crippen LogP contribution < -0.4 is 4.90 Å². The largest absolute Gasteiger partial charge is 0.366 e. The van der Waals surface area contributed by atoms with Crippen molar-refractivity contribution in [2.75, 3.05) is 31.1 Å². The first-order valence-electron chi connectivity index (χ1n) is 9.33. The van der Waals surface area contributed by atoms with E-state index >= 15 is 0 Å². The van der Waals surface area contributed by atoms with E-state index in [2.05, 4.69) is 24.3 Å². The third kappa shape index (κ3) is 4.73. The summed E-state index contributed by atoms with van der Waals surface area (Å²) in [5, 5.41) is 0. The zero-order valence-electron chi connectivity index (χ0n) is 15.9. The highest BCUT2D eigenvalue weighted by Crippen LogP contribution is 2.22. The molecule has 0 unspecified atom stereocenters. The van der Waals surface area contributed by atoms with E-state index < -0.39 is 0 Å². The van der Waals surface area contributed by atoms with Crippen LogP contribution >= 0.6 is 0 Å².